The Morgan fingerprint density at radius 2 is 1.75 bits per heavy atom. The van der Waals surface area contributed by atoms with Gasteiger partial charge in [-0.3, -0.25) is 0 Å². The summed E-state index contributed by atoms with van der Waals surface area (Å²) in [6.45, 7) is 2.23. The van der Waals surface area contributed by atoms with Gasteiger partial charge in [0.2, 0.25) is 6.49 Å². The molecule has 3 nitrogen and oxygen atoms in total. The summed E-state index contributed by atoms with van der Waals surface area (Å²) in [6, 6.07) is 15.4. The van der Waals surface area contributed by atoms with E-state index in [9.17, 15) is 0 Å². The Hall–Kier alpha value is -0.900. The van der Waals surface area contributed by atoms with Gasteiger partial charge in [0.1, 0.15) is 5.75 Å². The van der Waals surface area contributed by atoms with Crippen LogP contribution in [0.25, 0.3) is 0 Å². The van der Waals surface area contributed by atoms with Crippen molar-refractivity contribution in [3.05, 3.63) is 59.1 Å². The lowest BCUT2D eigenvalue weighted by molar-refractivity contribution is -0.00892. The summed E-state index contributed by atoms with van der Waals surface area (Å²) < 4.78 is 17.7. The van der Waals surface area contributed by atoms with E-state index in [1.165, 1.54) is 0 Å². The minimum Gasteiger partial charge on any atom is -0.497 e. The highest BCUT2D eigenvalue weighted by Gasteiger charge is 2.43. The van der Waals surface area contributed by atoms with Crippen molar-refractivity contribution in [2.24, 2.45) is 5.41 Å². The van der Waals surface area contributed by atoms with Crippen molar-refractivity contribution in [3.8, 4) is 5.75 Å². The molecule has 0 N–H and O–H groups in total. The third-order valence-electron chi connectivity index (χ3n) is 4.12. The second-order valence-electron chi connectivity index (χ2n) is 6.49. The van der Waals surface area contributed by atoms with Crippen molar-refractivity contribution in [2.45, 2.75) is 20.0 Å². The Kier molecular flexibility index (Phi) is 5.06. The summed E-state index contributed by atoms with van der Waals surface area (Å²) in [5, 5.41) is 1.60. The van der Waals surface area contributed by atoms with Crippen molar-refractivity contribution < 1.29 is 13.8 Å². The number of benzene rings is 2. The molecule has 0 bridgehead atoms. The third-order valence-corrected chi connectivity index (χ3v) is 7.47. The largest absolute Gasteiger partial charge is 0.497 e. The summed E-state index contributed by atoms with van der Waals surface area (Å²) in [6.07, 6.45) is -0.142. The summed E-state index contributed by atoms with van der Waals surface area (Å²) in [4.78, 5) is 0. The Morgan fingerprint density at radius 3 is 2.33 bits per heavy atom. The fourth-order valence-corrected chi connectivity index (χ4v) is 5.63. The predicted octanol–water partition coefficient (Wildman–Crippen LogP) is 5.10. The van der Waals surface area contributed by atoms with Crippen molar-refractivity contribution in [2.75, 3.05) is 13.7 Å². The number of hydrogen-bond donors (Lipinski definition) is 0. The first-order chi connectivity index (χ1) is 11.3. The maximum absolute atomic E-state index is 6.39. The van der Waals surface area contributed by atoms with Crippen LogP contribution < -0.4 is 10.0 Å². The van der Waals surface area contributed by atoms with Gasteiger partial charge < -0.3 is 13.8 Å². The van der Waals surface area contributed by atoms with Crippen LogP contribution in [0.2, 0.25) is 5.02 Å². The van der Waals surface area contributed by atoms with Crippen LogP contribution in [0.3, 0.4) is 0 Å². The zero-order chi connectivity index (χ0) is 17.4. The molecule has 2 unspecified atom stereocenters. The lowest BCUT2D eigenvalue weighted by atomic mass is 9.83. The van der Waals surface area contributed by atoms with Gasteiger partial charge in [0, 0.05) is 15.7 Å². The Balaban J connectivity index is 1.94. The summed E-state index contributed by atoms with van der Waals surface area (Å²) in [5.41, 5.74) is 0.887. The van der Waals surface area contributed by atoms with E-state index in [2.05, 4.69) is 13.8 Å². The van der Waals surface area contributed by atoms with Gasteiger partial charge in [0.05, 0.1) is 19.8 Å². The van der Waals surface area contributed by atoms with Crippen LogP contribution in [0.4, 0.5) is 0 Å². The second kappa shape index (κ2) is 6.78. The van der Waals surface area contributed by atoms with Crippen molar-refractivity contribution >= 4 is 35.2 Å². The van der Waals surface area contributed by atoms with Crippen LogP contribution in [0, 0.1) is 5.41 Å². The highest BCUT2D eigenvalue weighted by Crippen LogP contribution is 2.60. The molecule has 3 rings (SSSR count). The maximum Gasteiger partial charge on any atom is 0.220 e. The highest BCUT2D eigenvalue weighted by atomic mass is 35.5. The molecule has 1 saturated heterocycles. The molecule has 2 aromatic carbocycles. The molecule has 1 aliphatic rings. The number of hydrogen-bond acceptors (Lipinski definition) is 4. The molecule has 0 aromatic heterocycles. The Bertz CT molecular complexity index is 759. The van der Waals surface area contributed by atoms with Crippen LogP contribution in [0.15, 0.2) is 48.5 Å². The Morgan fingerprint density at radius 1 is 1.12 bits per heavy atom. The van der Waals surface area contributed by atoms with Gasteiger partial charge in [-0.2, -0.15) is 0 Å². The molecule has 1 heterocycles. The monoisotopic (exact) mass is 382 g/mol. The molecule has 128 valence electrons. The maximum atomic E-state index is 6.39. The molecule has 2 aromatic rings. The molecule has 2 atom stereocenters. The van der Waals surface area contributed by atoms with E-state index in [0.717, 1.165) is 16.6 Å². The van der Waals surface area contributed by atoms with E-state index < -0.39 is 6.49 Å². The molecule has 6 heteroatoms. The minimum atomic E-state index is -2.56. The van der Waals surface area contributed by atoms with E-state index in [1.807, 2.05) is 48.5 Å². The number of methoxy groups -OCH3 is 1. The fourth-order valence-electron chi connectivity index (χ4n) is 2.69. The van der Waals surface area contributed by atoms with E-state index in [0.29, 0.717) is 11.6 Å². The molecule has 0 spiro atoms. The van der Waals surface area contributed by atoms with Gasteiger partial charge >= 0.3 is 0 Å². The van der Waals surface area contributed by atoms with Gasteiger partial charge in [-0.25, -0.2) is 0 Å². The van der Waals surface area contributed by atoms with Crippen LogP contribution in [-0.2, 0) is 20.9 Å². The van der Waals surface area contributed by atoms with Gasteiger partial charge in [-0.1, -0.05) is 37.6 Å². The normalized spacial score (nSPS) is 26.1. The van der Waals surface area contributed by atoms with Gasteiger partial charge in [-0.15, -0.1) is 0 Å². The van der Waals surface area contributed by atoms with E-state index in [-0.39, 0.29) is 11.5 Å². The highest BCUT2D eigenvalue weighted by molar-refractivity contribution is 8.13. The van der Waals surface area contributed by atoms with Crippen LogP contribution >= 0.6 is 18.1 Å². The first-order valence-corrected chi connectivity index (χ1v) is 10.7. The van der Waals surface area contributed by atoms with Gasteiger partial charge in [0.25, 0.3) is 0 Å². The van der Waals surface area contributed by atoms with Crippen LogP contribution in [0.5, 0.6) is 5.75 Å². The van der Waals surface area contributed by atoms with Gasteiger partial charge in [-0.05, 0) is 53.8 Å². The predicted molar refractivity (Wildman–Crippen MR) is 102 cm³/mol. The zero-order valence-electron chi connectivity index (χ0n) is 13.9. The van der Waals surface area contributed by atoms with E-state index in [1.54, 1.807) is 7.11 Å². The molecule has 0 amide bonds. The molecule has 0 saturated carbocycles. The second-order valence-corrected chi connectivity index (χ2v) is 10.4. The van der Waals surface area contributed by atoms with Crippen LogP contribution in [-0.4, -0.2) is 13.7 Å². The average molecular weight is 383 g/mol. The quantitative estimate of drug-likeness (QED) is 0.690. The standard InChI is InChI=1S/C18H20ClO3PS/c1-18(2)12-21-23(24,16-10-8-15(20-3)9-11-16)22-17(18)13-4-6-14(19)7-5-13/h4-11,17H,12H2,1-3H3. The van der Waals surface area contributed by atoms with Crippen LogP contribution in [0.1, 0.15) is 25.5 Å². The average Bonchev–Trinajstić information content (AvgIpc) is 2.58. The number of ether oxygens (including phenoxy) is 1. The molecule has 1 aliphatic heterocycles. The third kappa shape index (κ3) is 3.54. The lowest BCUT2D eigenvalue weighted by Gasteiger charge is -2.43. The molecule has 24 heavy (non-hydrogen) atoms. The summed E-state index contributed by atoms with van der Waals surface area (Å²) in [5.74, 6) is 0.784. The Labute approximate surface area is 153 Å². The summed E-state index contributed by atoms with van der Waals surface area (Å²) >= 11 is 11.8. The first kappa shape index (κ1) is 17.9. The molecular formula is C18H20ClO3PS. The smallest absolute Gasteiger partial charge is 0.220 e. The molecule has 1 fully saturated rings. The van der Waals surface area contributed by atoms with E-state index >= 15 is 0 Å². The minimum absolute atomic E-state index is 0.142. The van der Waals surface area contributed by atoms with Crippen molar-refractivity contribution in [3.63, 3.8) is 0 Å². The van der Waals surface area contributed by atoms with Crippen molar-refractivity contribution in [1.82, 2.24) is 0 Å². The SMILES string of the molecule is COc1ccc(P2(=S)OCC(C)(C)C(c3ccc(Cl)cc3)O2)cc1. The number of halogens is 1. The summed E-state index contributed by atoms with van der Waals surface area (Å²) in [7, 11) is 1.64. The molecule has 0 radical (unpaired) electrons. The zero-order valence-corrected chi connectivity index (χ0v) is 16.3. The molecule has 0 aliphatic carbocycles. The fraction of sp³-hybridized carbons (Fsp3) is 0.333. The topological polar surface area (TPSA) is 27.7 Å². The lowest BCUT2D eigenvalue weighted by Crippen LogP contribution is -2.35. The molecular weight excluding hydrogens is 363 g/mol. The van der Waals surface area contributed by atoms with Gasteiger partial charge in [0.15, 0.2) is 0 Å². The first-order valence-electron chi connectivity index (χ1n) is 7.67. The van der Waals surface area contributed by atoms with Crippen molar-refractivity contribution in [1.29, 1.82) is 0 Å². The van der Waals surface area contributed by atoms with E-state index in [4.69, 9.17) is 37.2 Å². The number of rotatable bonds is 3.